The van der Waals surface area contributed by atoms with Gasteiger partial charge >= 0.3 is 0 Å². The monoisotopic (exact) mass is 366 g/mol. The average molecular weight is 367 g/mol. The van der Waals surface area contributed by atoms with Crippen molar-refractivity contribution in [2.45, 2.75) is 58.7 Å². The van der Waals surface area contributed by atoms with Crippen molar-refractivity contribution in [3.05, 3.63) is 71.8 Å². The molecule has 0 radical (unpaired) electrons. The van der Waals surface area contributed by atoms with Gasteiger partial charge in [0.15, 0.2) is 0 Å². The van der Waals surface area contributed by atoms with Crippen LogP contribution in [-0.4, -0.2) is 28.8 Å². The summed E-state index contributed by atoms with van der Waals surface area (Å²) >= 11 is 0. The van der Waals surface area contributed by atoms with E-state index in [0.29, 0.717) is 19.4 Å². The minimum Gasteiger partial charge on any atom is -0.352 e. The number of benzene rings is 2. The van der Waals surface area contributed by atoms with E-state index in [1.165, 1.54) is 0 Å². The Morgan fingerprint density at radius 2 is 1.44 bits per heavy atom. The predicted molar refractivity (Wildman–Crippen MR) is 109 cm³/mol. The first kappa shape index (κ1) is 20.7. The van der Waals surface area contributed by atoms with Crippen LogP contribution in [0.4, 0.5) is 0 Å². The molecule has 0 saturated carbocycles. The van der Waals surface area contributed by atoms with Crippen molar-refractivity contribution in [2.24, 2.45) is 0 Å². The van der Waals surface area contributed by atoms with Crippen molar-refractivity contribution >= 4 is 11.8 Å². The molecule has 2 rings (SSSR count). The average Bonchev–Trinajstić information content (AvgIpc) is 2.69. The number of nitrogens with one attached hydrogen (secondary N) is 1. The minimum atomic E-state index is -0.476. The Labute approximate surface area is 162 Å². The zero-order valence-corrected chi connectivity index (χ0v) is 16.5. The van der Waals surface area contributed by atoms with Gasteiger partial charge in [-0.05, 0) is 30.9 Å². The Bertz CT molecular complexity index is 716. The van der Waals surface area contributed by atoms with Gasteiger partial charge in [-0.3, -0.25) is 9.59 Å². The molecule has 0 aromatic heterocycles. The van der Waals surface area contributed by atoms with Gasteiger partial charge in [-0.2, -0.15) is 0 Å². The highest BCUT2D eigenvalue weighted by molar-refractivity contribution is 5.88. The number of nitrogens with zero attached hydrogens (tertiary/aromatic N) is 1. The highest BCUT2D eigenvalue weighted by Crippen LogP contribution is 2.15. The number of hydrogen-bond acceptors (Lipinski definition) is 2. The fraction of sp³-hybridized carbons (Fsp3) is 0.391. The zero-order valence-electron chi connectivity index (χ0n) is 16.5. The Hall–Kier alpha value is -2.62. The summed E-state index contributed by atoms with van der Waals surface area (Å²) in [6, 6.07) is 19.1. The van der Waals surface area contributed by atoms with E-state index in [1.54, 1.807) is 4.90 Å². The summed E-state index contributed by atoms with van der Waals surface area (Å²) < 4.78 is 0. The third-order valence-corrected chi connectivity index (χ3v) is 4.78. The van der Waals surface area contributed by atoms with E-state index < -0.39 is 6.04 Å². The maximum atomic E-state index is 13.1. The van der Waals surface area contributed by atoms with Crippen molar-refractivity contribution in [3.8, 4) is 0 Å². The number of rotatable bonds is 9. The molecular weight excluding hydrogens is 336 g/mol. The van der Waals surface area contributed by atoms with E-state index in [2.05, 4.69) is 5.32 Å². The lowest BCUT2D eigenvalue weighted by Crippen LogP contribution is -2.51. The summed E-state index contributed by atoms with van der Waals surface area (Å²) in [7, 11) is 0. The van der Waals surface area contributed by atoms with Crippen molar-refractivity contribution in [2.75, 3.05) is 0 Å². The van der Waals surface area contributed by atoms with Gasteiger partial charge in [-0.15, -0.1) is 0 Å². The third kappa shape index (κ3) is 6.24. The molecule has 0 aliphatic carbocycles. The molecule has 0 aliphatic rings. The van der Waals surface area contributed by atoms with Gasteiger partial charge in [-0.25, -0.2) is 0 Å². The summed E-state index contributed by atoms with van der Waals surface area (Å²) in [6.07, 6.45) is 1.73. The van der Waals surface area contributed by atoms with Crippen LogP contribution in [0.25, 0.3) is 0 Å². The number of carbonyl (C=O) groups excluding carboxylic acids is 2. The maximum absolute atomic E-state index is 13.1. The Morgan fingerprint density at radius 1 is 0.889 bits per heavy atom. The van der Waals surface area contributed by atoms with Crippen LogP contribution in [0.3, 0.4) is 0 Å². The van der Waals surface area contributed by atoms with Crippen LogP contribution in [0.5, 0.6) is 0 Å². The van der Waals surface area contributed by atoms with Crippen molar-refractivity contribution in [3.63, 3.8) is 0 Å². The molecule has 0 aliphatic heterocycles. The standard InChI is InChI=1S/C23H30N2O2/c1-4-18(3)24-23(27)21(5-2)25(17-20-14-10-7-11-15-20)22(26)16-19-12-8-6-9-13-19/h6-15,18,21H,4-5,16-17H2,1-3H3,(H,24,27)/t18-,21-/m1/s1. The minimum absolute atomic E-state index is 0.0313. The second-order valence-electron chi connectivity index (χ2n) is 6.91. The van der Waals surface area contributed by atoms with Crippen molar-refractivity contribution < 1.29 is 9.59 Å². The van der Waals surface area contributed by atoms with Crippen LogP contribution >= 0.6 is 0 Å². The highest BCUT2D eigenvalue weighted by Gasteiger charge is 2.29. The van der Waals surface area contributed by atoms with Gasteiger partial charge < -0.3 is 10.2 Å². The fourth-order valence-corrected chi connectivity index (χ4v) is 3.01. The number of amides is 2. The van der Waals surface area contributed by atoms with Crippen LogP contribution in [0.2, 0.25) is 0 Å². The van der Waals surface area contributed by atoms with Crippen LogP contribution < -0.4 is 5.32 Å². The summed E-state index contributed by atoms with van der Waals surface area (Å²) in [5.74, 6) is -0.111. The molecule has 2 aromatic carbocycles. The van der Waals surface area contributed by atoms with Gasteiger partial charge in [0.1, 0.15) is 6.04 Å². The lowest BCUT2D eigenvalue weighted by Gasteiger charge is -2.31. The molecule has 2 aromatic rings. The molecule has 27 heavy (non-hydrogen) atoms. The molecule has 0 unspecified atom stereocenters. The van der Waals surface area contributed by atoms with Crippen LogP contribution in [0.1, 0.15) is 44.7 Å². The summed E-state index contributed by atoms with van der Waals surface area (Å²) in [4.78, 5) is 27.7. The lowest BCUT2D eigenvalue weighted by molar-refractivity contribution is -0.141. The van der Waals surface area contributed by atoms with E-state index in [4.69, 9.17) is 0 Å². The second kappa shape index (κ2) is 10.5. The molecule has 0 fully saturated rings. The van der Waals surface area contributed by atoms with Gasteiger partial charge in [0.2, 0.25) is 11.8 Å². The first-order valence-electron chi connectivity index (χ1n) is 9.72. The van der Waals surface area contributed by atoms with Crippen molar-refractivity contribution in [1.82, 2.24) is 10.2 Å². The van der Waals surface area contributed by atoms with Crippen LogP contribution in [-0.2, 0) is 22.6 Å². The van der Waals surface area contributed by atoms with E-state index in [9.17, 15) is 9.59 Å². The summed E-state index contributed by atoms with van der Waals surface area (Å²) in [5, 5.41) is 3.03. The summed E-state index contributed by atoms with van der Waals surface area (Å²) in [5.41, 5.74) is 1.98. The van der Waals surface area contributed by atoms with Crippen LogP contribution in [0, 0.1) is 0 Å². The maximum Gasteiger partial charge on any atom is 0.243 e. The molecule has 4 heteroatoms. The normalized spacial score (nSPS) is 12.9. The molecular formula is C23H30N2O2. The molecule has 0 bridgehead atoms. The highest BCUT2D eigenvalue weighted by atomic mass is 16.2. The summed E-state index contributed by atoms with van der Waals surface area (Å²) in [6.45, 7) is 6.40. The Morgan fingerprint density at radius 3 is 1.96 bits per heavy atom. The number of carbonyl (C=O) groups is 2. The lowest BCUT2D eigenvalue weighted by atomic mass is 10.1. The molecule has 1 N–H and O–H groups in total. The molecule has 2 atom stereocenters. The third-order valence-electron chi connectivity index (χ3n) is 4.78. The molecule has 0 heterocycles. The van der Waals surface area contributed by atoms with Crippen LogP contribution in [0.15, 0.2) is 60.7 Å². The zero-order chi connectivity index (χ0) is 19.6. The van der Waals surface area contributed by atoms with E-state index in [1.807, 2.05) is 81.4 Å². The SMILES string of the molecule is CC[C@@H](C)NC(=O)[C@@H](CC)N(Cc1ccccc1)C(=O)Cc1ccccc1. The van der Waals surface area contributed by atoms with Crippen molar-refractivity contribution in [1.29, 1.82) is 0 Å². The first-order chi connectivity index (χ1) is 13.0. The molecule has 4 nitrogen and oxygen atoms in total. The van der Waals surface area contributed by atoms with Gasteiger partial charge in [0.25, 0.3) is 0 Å². The van der Waals surface area contributed by atoms with E-state index >= 15 is 0 Å². The topological polar surface area (TPSA) is 49.4 Å². The van der Waals surface area contributed by atoms with E-state index in [-0.39, 0.29) is 17.9 Å². The first-order valence-corrected chi connectivity index (χ1v) is 9.72. The fourth-order valence-electron chi connectivity index (χ4n) is 3.01. The van der Waals surface area contributed by atoms with Gasteiger partial charge in [0, 0.05) is 12.6 Å². The Balaban J connectivity index is 2.23. The quantitative estimate of drug-likeness (QED) is 0.730. The predicted octanol–water partition coefficient (Wildman–Crippen LogP) is 3.95. The van der Waals surface area contributed by atoms with E-state index in [0.717, 1.165) is 17.5 Å². The number of hydrogen-bond donors (Lipinski definition) is 1. The van der Waals surface area contributed by atoms with Gasteiger partial charge in [0.05, 0.1) is 6.42 Å². The molecule has 144 valence electrons. The second-order valence-corrected chi connectivity index (χ2v) is 6.91. The molecule has 0 spiro atoms. The molecule has 2 amide bonds. The Kier molecular flexibility index (Phi) is 8.05. The smallest absolute Gasteiger partial charge is 0.243 e. The largest absolute Gasteiger partial charge is 0.352 e. The van der Waals surface area contributed by atoms with Gasteiger partial charge in [-0.1, -0.05) is 74.5 Å². The molecule has 0 saturated heterocycles.